The van der Waals surface area contributed by atoms with Crippen LogP contribution in [-0.4, -0.2) is 10.6 Å². The molecule has 2 aromatic rings. The van der Waals surface area contributed by atoms with Gasteiger partial charge < -0.3 is 10.3 Å². The third kappa shape index (κ3) is 2.48. The van der Waals surface area contributed by atoms with E-state index in [1.54, 1.807) is 0 Å². The Morgan fingerprint density at radius 1 is 1.29 bits per heavy atom. The van der Waals surface area contributed by atoms with Crippen molar-refractivity contribution >= 4 is 23.3 Å². The Kier molecular flexibility index (Phi) is 4.61. The summed E-state index contributed by atoms with van der Waals surface area (Å²) in [5.74, 6) is 0. The maximum absolute atomic E-state index is 6.06. The number of benzene rings is 1. The zero-order valence-electron chi connectivity index (χ0n) is 10.7. The molecule has 1 atom stereocenters. The van der Waals surface area contributed by atoms with Gasteiger partial charge in [-0.05, 0) is 31.4 Å². The third-order valence-corrected chi connectivity index (χ3v) is 3.52. The molecule has 0 aliphatic carbocycles. The van der Waals surface area contributed by atoms with Crippen molar-refractivity contribution in [1.82, 2.24) is 4.57 Å². The molecule has 0 aliphatic rings. The molecule has 2 rings (SSSR count). The smallest absolute Gasteiger partial charge is 0.0482 e. The average Bonchev–Trinajstić information content (AvgIpc) is 2.55. The zero-order valence-corrected chi connectivity index (χ0v) is 11.6. The quantitative estimate of drug-likeness (QED) is 0.894. The van der Waals surface area contributed by atoms with Crippen LogP contribution in [0.5, 0.6) is 0 Å². The Hall–Kier alpha value is -0.990. The van der Waals surface area contributed by atoms with Crippen LogP contribution in [0.15, 0.2) is 24.3 Å². The lowest BCUT2D eigenvalue weighted by Crippen LogP contribution is -2.21. The van der Waals surface area contributed by atoms with Crippen LogP contribution in [0.1, 0.15) is 24.6 Å². The highest BCUT2D eigenvalue weighted by molar-refractivity contribution is 5.85. The first kappa shape index (κ1) is 14.1. The molecular formula is C14H21ClN2. The summed E-state index contributed by atoms with van der Waals surface area (Å²) in [5.41, 5.74) is 10.1. The number of nitrogens with zero attached hydrogens (tertiary/aromatic N) is 1. The van der Waals surface area contributed by atoms with Crippen molar-refractivity contribution in [2.24, 2.45) is 12.8 Å². The minimum absolute atomic E-state index is 0. The van der Waals surface area contributed by atoms with E-state index in [-0.39, 0.29) is 18.4 Å². The molecular weight excluding hydrogens is 232 g/mol. The number of para-hydroxylation sites is 1. The van der Waals surface area contributed by atoms with E-state index in [0.717, 1.165) is 12.8 Å². The first-order valence-corrected chi connectivity index (χ1v) is 5.93. The normalized spacial score (nSPS) is 12.5. The van der Waals surface area contributed by atoms with E-state index in [1.807, 2.05) is 0 Å². The fraction of sp³-hybridized carbons (Fsp3) is 0.429. The molecule has 1 aromatic heterocycles. The number of fused-ring (bicyclic) bond motifs is 1. The van der Waals surface area contributed by atoms with Gasteiger partial charge in [-0.3, -0.25) is 0 Å². The molecule has 0 fully saturated rings. The molecule has 0 saturated carbocycles. The van der Waals surface area contributed by atoms with Crippen LogP contribution in [0.4, 0.5) is 0 Å². The third-order valence-electron chi connectivity index (χ3n) is 3.52. The van der Waals surface area contributed by atoms with Crippen LogP contribution >= 0.6 is 12.4 Å². The van der Waals surface area contributed by atoms with Gasteiger partial charge in [-0.15, -0.1) is 12.4 Å². The van der Waals surface area contributed by atoms with Crippen LogP contribution in [0.25, 0.3) is 10.9 Å². The van der Waals surface area contributed by atoms with Crippen molar-refractivity contribution in [3.8, 4) is 0 Å². The van der Waals surface area contributed by atoms with Gasteiger partial charge in [-0.1, -0.05) is 25.1 Å². The maximum Gasteiger partial charge on any atom is 0.0482 e. The van der Waals surface area contributed by atoms with Crippen molar-refractivity contribution in [3.63, 3.8) is 0 Å². The fourth-order valence-corrected chi connectivity index (χ4v) is 2.26. The molecule has 0 spiro atoms. The standard InChI is InChI=1S/C14H20N2.ClH/c1-4-11(15)9-13-10(2)16(3)14-8-6-5-7-12(13)14;/h5-8,11H,4,9,15H2,1-3H3;1H. The molecule has 17 heavy (non-hydrogen) atoms. The van der Waals surface area contributed by atoms with Crippen LogP contribution in [-0.2, 0) is 13.5 Å². The SMILES string of the molecule is CCC(N)Cc1c(C)n(C)c2ccccc12.Cl. The number of rotatable bonds is 3. The summed E-state index contributed by atoms with van der Waals surface area (Å²) >= 11 is 0. The number of aryl methyl sites for hydroxylation is 1. The number of halogens is 1. The first-order chi connectivity index (χ1) is 7.65. The monoisotopic (exact) mass is 252 g/mol. The summed E-state index contributed by atoms with van der Waals surface area (Å²) in [6.45, 7) is 4.32. The second-order valence-electron chi connectivity index (χ2n) is 4.51. The molecule has 1 aromatic carbocycles. The lowest BCUT2D eigenvalue weighted by Gasteiger charge is -2.09. The zero-order chi connectivity index (χ0) is 11.7. The Labute approximate surface area is 109 Å². The number of nitrogens with two attached hydrogens (primary N) is 1. The van der Waals surface area contributed by atoms with Crippen molar-refractivity contribution in [1.29, 1.82) is 0 Å². The van der Waals surface area contributed by atoms with Gasteiger partial charge in [0, 0.05) is 29.7 Å². The molecule has 0 radical (unpaired) electrons. The number of hydrogen-bond acceptors (Lipinski definition) is 1. The average molecular weight is 253 g/mol. The Morgan fingerprint density at radius 2 is 1.94 bits per heavy atom. The van der Waals surface area contributed by atoms with Crippen molar-refractivity contribution in [3.05, 3.63) is 35.5 Å². The maximum atomic E-state index is 6.06. The van der Waals surface area contributed by atoms with E-state index in [1.165, 1.54) is 22.2 Å². The minimum Gasteiger partial charge on any atom is -0.348 e. The van der Waals surface area contributed by atoms with E-state index in [9.17, 15) is 0 Å². The summed E-state index contributed by atoms with van der Waals surface area (Å²) in [4.78, 5) is 0. The molecule has 0 amide bonds. The van der Waals surface area contributed by atoms with E-state index >= 15 is 0 Å². The van der Waals surface area contributed by atoms with Crippen LogP contribution in [0.3, 0.4) is 0 Å². The molecule has 0 aliphatic heterocycles. The van der Waals surface area contributed by atoms with Gasteiger partial charge in [-0.2, -0.15) is 0 Å². The second kappa shape index (κ2) is 5.56. The van der Waals surface area contributed by atoms with Gasteiger partial charge in [0.1, 0.15) is 0 Å². The van der Waals surface area contributed by atoms with E-state index in [4.69, 9.17) is 5.73 Å². The lowest BCUT2D eigenvalue weighted by atomic mass is 10.0. The molecule has 0 bridgehead atoms. The van der Waals surface area contributed by atoms with Crippen LogP contribution in [0, 0.1) is 6.92 Å². The molecule has 3 heteroatoms. The van der Waals surface area contributed by atoms with Crippen molar-refractivity contribution < 1.29 is 0 Å². The van der Waals surface area contributed by atoms with E-state index in [0.29, 0.717) is 0 Å². The molecule has 2 nitrogen and oxygen atoms in total. The summed E-state index contributed by atoms with van der Waals surface area (Å²) in [5, 5.41) is 1.35. The second-order valence-corrected chi connectivity index (χ2v) is 4.51. The van der Waals surface area contributed by atoms with Crippen LogP contribution < -0.4 is 5.73 Å². The van der Waals surface area contributed by atoms with Gasteiger partial charge in [-0.25, -0.2) is 0 Å². The highest BCUT2D eigenvalue weighted by Gasteiger charge is 2.13. The van der Waals surface area contributed by atoms with Gasteiger partial charge in [0.25, 0.3) is 0 Å². The molecule has 2 N–H and O–H groups in total. The lowest BCUT2D eigenvalue weighted by molar-refractivity contribution is 0.644. The number of aromatic nitrogens is 1. The Bertz CT molecular complexity index is 502. The predicted octanol–water partition coefficient (Wildman–Crippen LogP) is 3.19. The molecule has 0 saturated heterocycles. The molecule has 1 unspecified atom stereocenters. The van der Waals surface area contributed by atoms with Crippen LogP contribution in [0.2, 0.25) is 0 Å². The van der Waals surface area contributed by atoms with Crippen molar-refractivity contribution in [2.45, 2.75) is 32.7 Å². The van der Waals surface area contributed by atoms with Gasteiger partial charge in [0.2, 0.25) is 0 Å². The number of hydrogen-bond donors (Lipinski definition) is 1. The highest BCUT2D eigenvalue weighted by Crippen LogP contribution is 2.25. The first-order valence-electron chi connectivity index (χ1n) is 5.93. The largest absolute Gasteiger partial charge is 0.348 e. The molecule has 94 valence electrons. The fourth-order valence-electron chi connectivity index (χ4n) is 2.26. The minimum atomic E-state index is 0. The van der Waals surface area contributed by atoms with Crippen molar-refractivity contribution in [2.75, 3.05) is 0 Å². The summed E-state index contributed by atoms with van der Waals surface area (Å²) in [7, 11) is 2.12. The highest BCUT2D eigenvalue weighted by atomic mass is 35.5. The molecule has 1 heterocycles. The summed E-state index contributed by atoms with van der Waals surface area (Å²) in [6, 6.07) is 8.82. The summed E-state index contributed by atoms with van der Waals surface area (Å²) in [6.07, 6.45) is 2.01. The summed E-state index contributed by atoms with van der Waals surface area (Å²) < 4.78 is 2.26. The topological polar surface area (TPSA) is 30.9 Å². The van der Waals surface area contributed by atoms with Gasteiger partial charge >= 0.3 is 0 Å². The van der Waals surface area contributed by atoms with Gasteiger partial charge in [0.05, 0.1) is 0 Å². The predicted molar refractivity (Wildman–Crippen MR) is 76.9 cm³/mol. The van der Waals surface area contributed by atoms with E-state index in [2.05, 4.69) is 49.7 Å². The van der Waals surface area contributed by atoms with E-state index < -0.39 is 0 Å². The van der Waals surface area contributed by atoms with Gasteiger partial charge in [0.15, 0.2) is 0 Å². The Morgan fingerprint density at radius 3 is 2.59 bits per heavy atom. The Balaban J connectivity index is 0.00000144.